The van der Waals surface area contributed by atoms with E-state index in [1.165, 1.54) is 11.1 Å². The van der Waals surface area contributed by atoms with Gasteiger partial charge in [0.2, 0.25) is 0 Å². The number of benzene rings is 1. The lowest BCUT2D eigenvalue weighted by Crippen LogP contribution is -2.16. The highest BCUT2D eigenvalue weighted by Gasteiger charge is 2.11. The molecule has 0 saturated carbocycles. The highest BCUT2D eigenvalue weighted by Crippen LogP contribution is 2.20. The number of rotatable bonds is 5. The van der Waals surface area contributed by atoms with E-state index in [1.54, 1.807) is 0 Å². The minimum atomic E-state index is 0.368. The molecule has 0 saturated heterocycles. The van der Waals surface area contributed by atoms with Gasteiger partial charge in [-0.05, 0) is 38.4 Å². The Kier molecular flexibility index (Phi) is 3.99. The summed E-state index contributed by atoms with van der Waals surface area (Å²) in [5, 5.41) is 3.34. The monoisotopic (exact) mass is 229 g/mol. The molecule has 1 unspecified atom stereocenters. The molecule has 1 N–H and O–H groups in total. The first-order chi connectivity index (χ1) is 8.29. The van der Waals surface area contributed by atoms with Crippen LogP contribution in [0.4, 0.5) is 0 Å². The fourth-order valence-corrected chi connectivity index (χ4v) is 2.08. The molecule has 0 bridgehead atoms. The van der Waals surface area contributed by atoms with Gasteiger partial charge >= 0.3 is 0 Å². The Labute approximate surface area is 103 Å². The normalized spacial score (nSPS) is 12.6. The molecule has 90 valence electrons. The predicted octanol–water partition coefficient (Wildman–Crippen LogP) is 3.48. The van der Waals surface area contributed by atoms with Gasteiger partial charge in [0.15, 0.2) is 0 Å². The van der Waals surface area contributed by atoms with Crippen molar-refractivity contribution in [1.82, 2.24) is 5.32 Å². The summed E-state index contributed by atoms with van der Waals surface area (Å²) >= 11 is 0. The van der Waals surface area contributed by atoms with Gasteiger partial charge in [0.1, 0.15) is 5.76 Å². The van der Waals surface area contributed by atoms with Crippen LogP contribution in [0.25, 0.3) is 0 Å². The summed E-state index contributed by atoms with van der Waals surface area (Å²) in [5.41, 5.74) is 2.62. The van der Waals surface area contributed by atoms with Crippen molar-refractivity contribution in [3.05, 3.63) is 59.5 Å². The predicted molar refractivity (Wildman–Crippen MR) is 70.0 cm³/mol. The van der Waals surface area contributed by atoms with E-state index >= 15 is 0 Å². The molecule has 2 nitrogen and oxygen atoms in total. The van der Waals surface area contributed by atoms with Crippen molar-refractivity contribution < 1.29 is 4.42 Å². The molecule has 0 amide bonds. The molecule has 1 aromatic carbocycles. The third kappa shape index (κ3) is 3.21. The molecular formula is C15H19NO. The van der Waals surface area contributed by atoms with Crippen LogP contribution >= 0.6 is 0 Å². The largest absolute Gasteiger partial charge is 0.469 e. The third-order valence-electron chi connectivity index (χ3n) is 3.07. The molecule has 0 radical (unpaired) electrons. The Hall–Kier alpha value is -1.54. The summed E-state index contributed by atoms with van der Waals surface area (Å²) in [6.07, 6.45) is 4.01. The van der Waals surface area contributed by atoms with Gasteiger partial charge < -0.3 is 9.73 Å². The smallest absolute Gasteiger partial charge is 0.101 e. The van der Waals surface area contributed by atoms with Crippen molar-refractivity contribution in [2.75, 3.05) is 7.05 Å². The highest BCUT2D eigenvalue weighted by atomic mass is 16.3. The van der Waals surface area contributed by atoms with Crippen molar-refractivity contribution >= 4 is 0 Å². The van der Waals surface area contributed by atoms with Crippen LogP contribution < -0.4 is 5.32 Å². The Morgan fingerprint density at radius 3 is 2.59 bits per heavy atom. The third-order valence-corrected chi connectivity index (χ3v) is 3.07. The SMILES string of the molecule is CNC(CCc1ccccc1)c1coc(C)c1. The second kappa shape index (κ2) is 5.69. The Bertz CT molecular complexity index is 447. The standard InChI is InChI=1S/C15H19NO/c1-12-10-14(11-17-12)15(16-2)9-8-13-6-4-3-5-7-13/h3-7,10-11,15-16H,8-9H2,1-2H3. The van der Waals surface area contributed by atoms with Crippen LogP contribution in [-0.4, -0.2) is 7.05 Å². The first-order valence-corrected chi connectivity index (χ1v) is 6.06. The summed E-state index contributed by atoms with van der Waals surface area (Å²) in [7, 11) is 2.00. The maximum Gasteiger partial charge on any atom is 0.101 e. The second-order valence-corrected chi connectivity index (χ2v) is 4.36. The molecule has 1 atom stereocenters. The summed E-state index contributed by atoms with van der Waals surface area (Å²) < 4.78 is 5.36. The number of hydrogen-bond acceptors (Lipinski definition) is 2. The lowest BCUT2D eigenvalue weighted by molar-refractivity contribution is 0.510. The zero-order chi connectivity index (χ0) is 12.1. The molecule has 0 fully saturated rings. The first-order valence-electron chi connectivity index (χ1n) is 6.06. The van der Waals surface area contributed by atoms with Crippen LogP contribution in [0, 0.1) is 6.92 Å². The van der Waals surface area contributed by atoms with Gasteiger partial charge in [-0.15, -0.1) is 0 Å². The summed E-state index contributed by atoms with van der Waals surface area (Å²) in [6.45, 7) is 1.98. The summed E-state index contributed by atoms with van der Waals surface area (Å²) in [5.74, 6) is 0.972. The van der Waals surface area contributed by atoms with Crippen molar-refractivity contribution in [3.63, 3.8) is 0 Å². The van der Waals surface area contributed by atoms with E-state index in [-0.39, 0.29) is 0 Å². The lowest BCUT2D eigenvalue weighted by Gasteiger charge is -2.14. The van der Waals surface area contributed by atoms with E-state index in [9.17, 15) is 0 Å². The summed E-state index contributed by atoms with van der Waals surface area (Å²) in [6, 6.07) is 13.1. The van der Waals surface area contributed by atoms with Gasteiger partial charge in [0.25, 0.3) is 0 Å². The average Bonchev–Trinajstić information content (AvgIpc) is 2.78. The Morgan fingerprint density at radius 2 is 2.00 bits per heavy atom. The molecule has 0 aliphatic heterocycles. The molecule has 0 spiro atoms. The molecule has 1 aromatic heterocycles. The van der Waals surface area contributed by atoms with E-state index < -0.39 is 0 Å². The van der Waals surface area contributed by atoms with Crippen molar-refractivity contribution in [2.45, 2.75) is 25.8 Å². The van der Waals surface area contributed by atoms with Crippen LogP contribution in [0.1, 0.15) is 29.3 Å². The highest BCUT2D eigenvalue weighted by molar-refractivity contribution is 5.18. The number of furan rings is 1. The van der Waals surface area contributed by atoms with E-state index in [2.05, 4.69) is 41.7 Å². The zero-order valence-electron chi connectivity index (χ0n) is 10.4. The van der Waals surface area contributed by atoms with Gasteiger partial charge in [-0.3, -0.25) is 0 Å². The molecule has 2 heteroatoms. The van der Waals surface area contributed by atoms with Gasteiger partial charge in [0, 0.05) is 11.6 Å². The molecule has 0 aliphatic carbocycles. The van der Waals surface area contributed by atoms with Crippen LogP contribution in [0.5, 0.6) is 0 Å². The van der Waals surface area contributed by atoms with Crippen molar-refractivity contribution in [2.24, 2.45) is 0 Å². The second-order valence-electron chi connectivity index (χ2n) is 4.36. The maximum atomic E-state index is 5.36. The minimum absolute atomic E-state index is 0.368. The maximum absolute atomic E-state index is 5.36. The van der Waals surface area contributed by atoms with Crippen molar-refractivity contribution in [3.8, 4) is 0 Å². The van der Waals surface area contributed by atoms with E-state index in [4.69, 9.17) is 4.42 Å². The van der Waals surface area contributed by atoms with E-state index in [0.717, 1.165) is 18.6 Å². The molecule has 2 aromatic rings. The van der Waals surface area contributed by atoms with Gasteiger partial charge in [-0.25, -0.2) is 0 Å². The lowest BCUT2D eigenvalue weighted by atomic mass is 10.0. The van der Waals surface area contributed by atoms with Crippen LogP contribution in [-0.2, 0) is 6.42 Å². The molecule has 0 aliphatic rings. The minimum Gasteiger partial charge on any atom is -0.469 e. The van der Waals surface area contributed by atoms with Crippen LogP contribution in [0.15, 0.2) is 47.1 Å². The van der Waals surface area contributed by atoms with Gasteiger partial charge in [-0.1, -0.05) is 30.3 Å². The van der Waals surface area contributed by atoms with Gasteiger partial charge in [0.05, 0.1) is 6.26 Å². The van der Waals surface area contributed by atoms with E-state index in [1.807, 2.05) is 20.2 Å². The zero-order valence-corrected chi connectivity index (χ0v) is 10.4. The van der Waals surface area contributed by atoms with Gasteiger partial charge in [-0.2, -0.15) is 0 Å². The Morgan fingerprint density at radius 1 is 1.24 bits per heavy atom. The topological polar surface area (TPSA) is 25.2 Å². The molecule has 2 rings (SSSR count). The van der Waals surface area contributed by atoms with Crippen LogP contribution in [0.3, 0.4) is 0 Å². The fourth-order valence-electron chi connectivity index (χ4n) is 2.08. The number of hydrogen-bond donors (Lipinski definition) is 1. The Balaban J connectivity index is 1.97. The molecular weight excluding hydrogens is 210 g/mol. The average molecular weight is 229 g/mol. The van der Waals surface area contributed by atoms with Crippen molar-refractivity contribution in [1.29, 1.82) is 0 Å². The molecule has 17 heavy (non-hydrogen) atoms. The van der Waals surface area contributed by atoms with E-state index in [0.29, 0.717) is 6.04 Å². The summed E-state index contributed by atoms with van der Waals surface area (Å²) in [4.78, 5) is 0. The quantitative estimate of drug-likeness (QED) is 0.849. The molecule has 1 heterocycles. The van der Waals surface area contributed by atoms with Crippen LogP contribution in [0.2, 0.25) is 0 Å². The fraction of sp³-hybridized carbons (Fsp3) is 0.333. The number of nitrogens with one attached hydrogen (secondary N) is 1. The number of aryl methyl sites for hydroxylation is 2. The first kappa shape index (κ1) is 11.9.